The lowest BCUT2D eigenvalue weighted by atomic mass is 9.86. The van der Waals surface area contributed by atoms with Gasteiger partial charge >= 0.3 is 0 Å². The summed E-state index contributed by atoms with van der Waals surface area (Å²) >= 11 is 5.74. The predicted molar refractivity (Wildman–Crippen MR) is 81.5 cm³/mol. The smallest absolute Gasteiger partial charge is 0.237 e. The van der Waals surface area contributed by atoms with Crippen molar-refractivity contribution in [3.63, 3.8) is 0 Å². The fourth-order valence-corrected chi connectivity index (χ4v) is 3.19. The molecule has 0 saturated heterocycles. The lowest BCUT2D eigenvalue weighted by molar-refractivity contribution is -0.131. The van der Waals surface area contributed by atoms with Crippen molar-refractivity contribution in [3.8, 4) is 5.75 Å². The molecule has 1 aromatic carbocycles. The Morgan fingerprint density at radius 1 is 1.50 bits per heavy atom. The number of nitrogens with zero attached hydrogens (tertiary/aromatic N) is 1. The number of ether oxygens (including phenoxy) is 1. The molecule has 0 spiro atoms. The average Bonchev–Trinajstić information content (AvgIpc) is 2.50. The number of amides is 1. The number of rotatable bonds is 5. The Morgan fingerprint density at radius 3 is 2.95 bits per heavy atom. The average molecular weight is 296 g/mol. The minimum Gasteiger partial charge on any atom is -0.496 e. The van der Waals surface area contributed by atoms with E-state index in [0.29, 0.717) is 0 Å². The van der Waals surface area contributed by atoms with Crippen molar-refractivity contribution in [1.29, 1.82) is 0 Å². The molecule has 0 radical (unpaired) electrons. The van der Waals surface area contributed by atoms with Gasteiger partial charge in [-0.2, -0.15) is 0 Å². The van der Waals surface area contributed by atoms with E-state index in [0.717, 1.165) is 38.0 Å². The molecule has 0 aromatic heterocycles. The highest BCUT2D eigenvalue weighted by molar-refractivity contribution is 6.27. The van der Waals surface area contributed by atoms with Crippen LogP contribution in [0.25, 0.3) is 0 Å². The highest BCUT2D eigenvalue weighted by atomic mass is 35.5. The molecule has 0 saturated carbocycles. The molecule has 3 nitrogen and oxygen atoms in total. The predicted octanol–water partition coefficient (Wildman–Crippen LogP) is 3.03. The molecule has 1 atom stereocenters. The molecule has 1 aliphatic rings. The molecule has 0 heterocycles. The van der Waals surface area contributed by atoms with Gasteiger partial charge in [0.25, 0.3) is 0 Å². The van der Waals surface area contributed by atoms with Gasteiger partial charge in [-0.25, -0.2) is 0 Å². The summed E-state index contributed by atoms with van der Waals surface area (Å²) in [6.45, 7) is 2.88. The van der Waals surface area contributed by atoms with Crippen LogP contribution < -0.4 is 4.74 Å². The number of carbonyl (C=O) groups is 1. The van der Waals surface area contributed by atoms with Crippen LogP contribution in [0.4, 0.5) is 0 Å². The van der Waals surface area contributed by atoms with E-state index in [4.69, 9.17) is 16.3 Å². The summed E-state index contributed by atoms with van der Waals surface area (Å²) < 4.78 is 5.42. The topological polar surface area (TPSA) is 29.5 Å². The molecule has 1 aliphatic carbocycles. The molecule has 1 aromatic rings. The molecule has 20 heavy (non-hydrogen) atoms. The lowest BCUT2D eigenvalue weighted by Crippen LogP contribution is -2.44. The standard InChI is InChI=1S/C16H22ClNO2/c1-3-9-18(16(19)11-17)13-7-8-14-12(10-13)5-4-6-15(14)20-2/h4-6,13H,3,7-11H2,1-2H3. The van der Waals surface area contributed by atoms with E-state index < -0.39 is 0 Å². The van der Waals surface area contributed by atoms with Crippen LogP contribution in [0.3, 0.4) is 0 Å². The number of hydrogen-bond acceptors (Lipinski definition) is 2. The second-order valence-electron chi connectivity index (χ2n) is 5.22. The SMILES string of the molecule is CCCN(C(=O)CCl)C1CCc2c(cccc2OC)C1. The molecule has 2 rings (SSSR count). The molecule has 0 bridgehead atoms. The third kappa shape index (κ3) is 3.09. The zero-order valence-electron chi connectivity index (χ0n) is 12.2. The van der Waals surface area contributed by atoms with Gasteiger partial charge in [-0.1, -0.05) is 19.1 Å². The molecule has 1 unspecified atom stereocenters. The summed E-state index contributed by atoms with van der Waals surface area (Å²) in [5.41, 5.74) is 2.59. The van der Waals surface area contributed by atoms with Gasteiger partial charge in [0.2, 0.25) is 5.91 Å². The summed E-state index contributed by atoms with van der Waals surface area (Å²) in [5, 5.41) is 0. The molecule has 4 heteroatoms. The van der Waals surface area contributed by atoms with Gasteiger partial charge in [0.15, 0.2) is 0 Å². The number of benzene rings is 1. The maximum absolute atomic E-state index is 12.0. The zero-order chi connectivity index (χ0) is 14.5. The maximum Gasteiger partial charge on any atom is 0.237 e. The lowest BCUT2D eigenvalue weighted by Gasteiger charge is -2.35. The summed E-state index contributed by atoms with van der Waals surface area (Å²) in [7, 11) is 1.71. The number of halogens is 1. The van der Waals surface area contributed by atoms with Crippen LogP contribution in [-0.2, 0) is 17.6 Å². The summed E-state index contributed by atoms with van der Waals surface area (Å²) in [5.74, 6) is 1.08. The van der Waals surface area contributed by atoms with Crippen LogP contribution >= 0.6 is 11.6 Å². The van der Waals surface area contributed by atoms with Gasteiger partial charge in [0, 0.05) is 12.6 Å². The van der Waals surface area contributed by atoms with E-state index in [1.807, 2.05) is 17.0 Å². The molecule has 0 fully saturated rings. The third-order valence-electron chi connectivity index (χ3n) is 3.97. The second-order valence-corrected chi connectivity index (χ2v) is 5.48. The Balaban J connectivity index is 2.19. The zero-order valence-corrected chi connectivity index (χ0v) is 12.9. The Bertz CT molecular complexity index is 476. The number of methoxy groups -OCH3 is 1. The van der Waals surface area contributed by atoms with Crippen molar-refractivity contribution in [1.82, 2.24) is 4.90 Å². The number of alkyl halides is 1. The van der Waals surface area contributed by atoms with Crippen LogP contribution in [-0.4, -0.2) is 36.4 Å². The fraction of sp³-hybridized carbons (Fsp3) is 0.562. The van der Waals surface area contributed by atoms with Gasteiger partial charge in [-0.05, 0) is 42.9 Å². The number of fused-ring (bicyclic) bond motifs is 1. The van der Waals surface area contributed by atoms with Crippen molar-refractivity contribution in [2.24, 2.45) is 0 Å². The van der Waals surface area contributed by atoms with Crippen LogP contribution in [0.1, 0.15) is 30.9 Å². The van der Waals surface area contributed by atoms with Crippen LogP contribution in [0.2, 0.25) is 0 Å². The van der Waals surface area contributed by atoms with Gasteiger partial charge in [0.1, 0.15) is 11.6 Å². The Kier molecular flexibility index (Phi) is 5.30. The van der Waals surface area contributed by atoms with Crippen molar-refractivity contribution >= 4 is 17.5 Å². The number of carbonyl (C=O) groups excluding carboxylic acids is 1. The van der Waals surface area contributed by atoms with Gasteiger partial charge < -0.3 is 9.64 Å². The largest absolute Gasteiger partial charge is 0.496 e. The van der Waals surface area contributed by atoms with Crippen molar-refractivity contribution < 1.29 is 9.53 Å². The third-order valence-corrected chi connectivity index (χ3v) is 4.20. The van der Waals surface area contributed by atoms with E-state index >= 15 is 0 Å². The maximum atomic E-state index is 12.0. The van der Waals surface area contributed by atoms with Crippen molar-refractivity contribution in [3.05, 3.63) is 29.3 Å². The monoisotopic (exact) mass is 295 g/mol. The van der Waals surface area contributed by atoms with Crippen molar-refractivity contribution in [2.45, 2.75) is 38.6 Å². The van der Waals surface area contributed by atoms with E-state index in [1.54, 1.807) is 7.11 Å². The molecule has 0 aliphatic heterocycles. The quantitative estimate of drug-likeness (QED) is 0.782. The van der Waals surface area contributed by atoms with E-state index in [9.17, 15) is 4.79 Å². The first kappa shape index (κ1) is 15.2. The molecule has 110 valence electrons. The van der Waals surface area contributed by atoms with Crippen molar-refractivity contribution in [2.75, 3.05) is 19.5 Å². The van der Waals surface area contributed by atoms with Crippen LogP contribution in [0.5, 0.6) is 5.75 Å². The van der Waals surface area contributed by atoms with E-state index in [2.05, 4.69) is 13.0 Å². The molecule has 0 N–H and O–H groups in total. The normalized spacial score (nSPS) is 17.4. The van der Waals surface area contributed by atoms with Gasteiger partial charge in [-0.15, -0.1) is 11.6 Å². The second kappa shape index (κ2) is 6.98. The molecular formula is C16H22ClNO2. The minimum absolute atomic E-state index is 0.0462. The minimum atomic E-state index is 0.0462. The Hall–Kier alpha value is -1.22. The highest BCUT2D eigenvalue weighted by Gasteiger charge is 2.27. The summed E-state index contributed by atoms with van der Waals surface area (Å²) in [4.78, 5) is 14.0. The first-order valence-corrected chi connectivity index (χ1v) is 7.74. The molecular weight excluding hydrogens is 274 g/mol. The first-order valence-electron chi connectivity index (χ1n) is 7.21. The van der Waals surface area contributed by atoms with Crippen LogP contribution in [0, 0.1) is 0 Å². The highest BCUT2D eigenvalue weighted by Crippen LogP contribution is 2.31. The molecule has 1 amide bonds. The first-order chi connectivity index (χ1) is 9.71. The van der Waals surface area contributed by atoms with E-state index in [-0.39, 0.29) is 17.8 Å². The van der Waals surface area contributed by atoms with Gasteiger partial charge in [0.05, 0.1) is 7.11 Å². The summed E-state index contributed by atoms with van der Waals surface area (Å²) in [6, 6.07) is 6.43. The Labute approximate surface area is 125 Å². The fourth-order valence-electron chi connectivity index (χ4n) is 3.04. The Morgan fingerprint density at radius 2 is 2.30 bits per heavy atom. The van der Waals surface area contributed by atoms with Gasteiger partial charge in [-0.3, -0.25) is 4.79 Å². The number of hydrogen-bond donors (Lipinski definition) is 0. The van der Waals surface area contributed by atoms with E-state index in [1.165, 1.54) is 11.1 Å². The van der Waals surface area contributed by atoms with Crippen LogP contribution in [0.15, 0.2) is 18.2 Å². The summed E-state index contributed by atoms with van der Waals surface area (Å²) in [6.07, 6.45) is 3.80.